The number of hydrogen-bond acceptors (Lipinski definition) is 4. The Labute approximate surface area is 129 Å². The van der Waals surface area contributed by atoms with Gasteiger partial charge in [-0.2, -0.15) is 5.10 Å². The van der Waals surface area contributed by atoms with Gasteiger partial charge in [0.15, 0.2) is 0 Å². The molecule has 1 heterocycles. The molecule has 0 aliphatic rings. The highest BCUT2D eigenvalue weighted by Crippen LogP contribution is 2.22. The number of carbonyl (C=O) groups is 1. The molecule has 0 bridgehead atoms. The van der Waals surface area contributed by atoms with Gasteiger partial charge in [0.25, 0.3) is 5.69 Å². The summed E-state index contributed by atoms with van der Waals surface area (Å²) in [6, 6.07) is 3.81. The molecule has 1 aromatic carbocycles. The average Bonchev–Trinajstić information content (AvgIpc) is 2.86. The minimum absolute atomic E-state index is 0.00504. The van der Waals surface area contributed by atoms with Gasteiger partial charge < -0.3 is 5.32 Å². The topological polar surface area (TPSA) is 90.1 Å². The first-order chi connectivity index (χ1) is 9.88. The zero-order valence-corrected chi connectivity index (χ0v) is 13.0. The summed E-state index contributed by atoms with van der Waals surface area (Å²) in [4.78, 5) is 22.4. The molecule has 0 aliphatic carbocycles. The number of nitrogens with zero attached hydrogens (tertiary/aromatic N) is 3. The number of anilines is 1. The quantitative estimate of drug-likeness (QED) is 0.676. The van der Waals surface area contributed by atoms with E-state index in [0.29, 0.717) is 11.3 Å². The third-order valence-corrected chi connectivity index (χ3v) is 3.43. The van der Waals surface area contributed by atoms with E-state index in [-0.39, 0.29) is 11.6 Å². The molecule has 0 saturated carbocycles. The molecule has 110 valence electrons. The van der Waals surface area contributed by atoms with Crippen LogP contribution in [-0.4, -0.2) is 20.6 Å². The Morgan fingerprint density at radius 2 is 2.24 bits per heavy atom. The van der Waals surface area contributed by atoms with Crippen molar-refractivity contribution in [3.05, 3.63) is 50.7 Å². The number of hydrogen-bond donors (Lipinski definition) is 1. The van der Waals surface area contributed by atoms with Gasteiger partial charge in [-0.3, -0.25) is 19.6 Å². The monoisotopic (exact) mass is 352 g/mol. The van der Waals surface area contributed by atoms with Gasteiger partial charge in [-0.25, -0.2) is 0 Å². The molecule has 0 aliphatic heterocycles. The lowest BCUT2D eigenvalue weighted by molar-refractivity contribution is -0.384. The number of aromatic nitrogens is 2. The van der Waals surface area contributed by atoms with Crippen molar-refractivity contribution >= 4 is 33.2 Å². The maximum absolute atomic E-state index is 12.2. The number of benzene rings is 1. The standard InChI is InChI=1S/C13H13BrN4O3/c1-8-5-11(18(20)21)3-4-12(8)16-13(19)9(2)17-7-10(14)6-15-17/h3-7,9H,1-2H3,(H,16,19). The summed E-state index contributed by atoms with van der Waals surface area (Å²) in [5, 5.41) is 17.5. The van der Waals surface area contributed by atoms with E-state index in [1.54, 1.807) is 26.2 Å². The Kier molecular flexibility index (Phi) is 4.37. The third kappa shape index (κ3) is 3.46. The third-order valence-electron chi connectivity index (χ3n) is 3.02. The molecule has 1 atom stereocenters. The zero-order valence-electron chi connectivity index (χ0n) is 11.4. The van der Waals surface area contributed by atoms with E-state index < -0.39 is 11.0 Å². The number of halogens is 1. The highest BCUT2D eigenvalue weighted by atomic mass is 79.9. The molecule has 0 radical (unpaired) electrons. The van der Waals surface area contributed by atoms with Gasteiger partial charge in [0.2, 0.25) is 5.91 Å². The molecular formula is C13H13BrN4O3. The van der Waals surface area contributed by atoms with Crippen LogP contribution in [0.25, 0.3) is 0 Å². The fourth-order valence-corrected chi connectivity index (χ4v) is 2.09. The number of rotatable bonds is 4. The van der Waals surface area contributed by atoms with Crippen LogP contribution in [0, 0.1) is 17.0 Å². The van der Waals surface area contributed by atoms with Crippen molar-refractivity contribution in [1.29, 1.82) is 0 Å². The van der Waals surface area contributed by atoms with Gasteiger partial charge in [0.05, 0.1) is 15.6 Å². The van der Waals surface area contributed by atoms with Gasteiger partial charge in [-0.05, 0) is 41.4 Å². The minimum Gasteiger partial charge on any atom is -0.324 e. The van der Waals surface area contributed by atoms with Crippen molar-refractivity contribution in [2.75, 3.05) is 5.32 Å². The van der Waals surface area contributed by atoms with Crippen LogP contribution in [0.4, 0.5) is 11.4 Å². The van der Waals surface area contributed by atoms with Crippen molar-refractivity contribution in [3.8, 4) is 0 Å². The van der Waals surface area contributed by atoms with E-state index >= 15 is 0 Å². The van der Waals surface area contributed by atoms with E-state index in [1.165, 1.54) is 22.9 Å². The van der Waals surface area contributed by atoms with Crippen LogP contribution in [0.3, 0.4) is 0 Å². The average molecular weight is 353 g/mol. The summed E-state index contributed by atoms with van der Waals surface area (Å²) in [6.07, 6.45) is 3.30. The van der Waals surface area contributed by atoms with Crippen LogP contribution in [0.2, 0.25) is 0 Å². The lowest BCUT2D eigenvalue weighted by Gasteiger charge is -2.14. The van der Waals surface area contributed by atoms with Gasteiger partial charge >= 0.3 is 0 Å². The highest BCUT2D eigenvalue weighted by Gasteiger charge is 2.17. The van der Waals surface area contributed by atoms with Crippen molar-refractivity contribution in [2.45, 2.75) is 19.9 Å². The maximum Gasteiger partial charge on any atom is 0.269 e. The number of carbonyl (C=O) groups excluding carboxylic acids is 1. The Balaban J connectivity index is 2.14. The number of amides is 1. The first-order valence-corrected chi connectivity index (χ1v) is 6.93. The summed E-state index contributed by atoms with van der Waals surface area (Å²) >= 11 is 3.27. The van der Waals surface area contributed by atoms with E-state index in [1.807, 2.05) is 0 Å². The van der Waals surface area contributed by atoms with Crippen molar-refractivity contribution in [3.63, 3.8) is 0 Å². The summed E-state index contributed by atoms with van der Waals surface area (Å²) in [7, 11) is 0. The van der Waals surface area contributed by atoms with E-state index in [4.69, 9.17) is 0 Å². The number of nitro benzene ring substituents is 1. The number of nitro groups is 1. The zero-order chi connectivity index (χ0) is 15.6. The molecular weight excluding hydrogens is 340 g/mol. The number of nitrogens with one attached hydrogen (secondary N) is 1. The largest absolute Gasteiger partial charge is 0.324 e. The Morgan fingerprint density at radius 3 is 2.76 bits per heavy atom. The first kappa shape index (κ1) is 15.2. The smallest absolute Gasteiger partial charge is 0.269 e. The molecule has 1 N–H and O–H groups in total. The van der Waals surface area contributed by atoms with Crippen LogP contribution >= 0.6 is 15.9 Å². The van der Waals surface area contributed by atoms with Crippen LogP contribution < -0.4 is 5.32 Å². The lowest BCUT2D eigenvalue weighted by Crippen LogP contribution is -2.24. The first-order valence-electron chi connectivity index (χ1n) is 6.14. The predicted octanol–water partition coefficient (Wildman–Crippen LogP) is 3.06. The van der Waals surface area contributed by atoms with Crippen LogP contribution in [0.5, 0.6) is 0 Å². The molecule has 2 rings (SSSR count). The van der Waals surface area contributed by atoms with Gasteiger partial charge in [-0.15, -0.1) is 0 Å². The van der Waals surface area contributed by atoms with E-state index in [9.17, 15) is 14.9 Å². The summed E-state index contributed by atoms with van der Waals surface area (Å²) in [5.41, 5.74) is 1.17. The van der Waals surface area contributed by atoms with E-state index in [2.05, 4.69) is 26.3 Å². The molecule has 1 aromatic heterocycles. The molecule has 8 heteroatoms. The van der Waals surface area contributed by atoms with Crippen LogP contribution in [-0.2, 0) is 4.79 Å². The predicted molar refractivity (Wildman–Crippen MR) is 81.1 cm³/mol. The minimum atomic E-state index is -0.495. The highest BCUT2D eigenvalue weighted by molar-refractivity contribution is 9.10. The molecule has 21 heavy (non-hydrogen) atoms. The second kappa shape index (κ2) is 6.04. The second-order valence-electron chi connectivity index (χ2n) is 4.56. The van der Waals surface area contributed by atoms with Crippen LogP contribution in [0.1, 0.15) is 18.5 Å². The SMILES string of the molecule is Cc1cc([N+](=O)[O-])ccc1NC(=O)C(C)n1cc(Br)cn1. The Hall–Kier alpha value is -2.22. The van der Waals surface area contributed by atoms with E-state index in [0.717, 1.165) is 4.47 Å². The summed E-state index contributed by atoms with van der Waals surface area (Å²) < 4.78 is 2.31. The van der Waals surface area contributed by atoms with Crippen LogP contribution in [0.15, 0.2) is 35.1 Å². The Bertz CT molecular complexity index is 698. The fraction of sp³-hybridized carbons (Fsp3) is 0.231. The number of non-ortho nitro benzene ring substituents is 1. The summed E-state index contributed by atoms with van der Waals surface area (Å²) in [6.45, 7) is 3.42. The van der Waals surface area contributed by atoms with Crippen molar-refractivity contribution in [1.82, 2.24) is 9.78 Å². The molecule has 7 nitrogen and oxygen atoms in total. The summed E-state index contributed by atoms with van der Waals surface area (Å²) in [5.74, 6) is -0.248. The maximum atomic E-state index is 12.2. The van der Waals surface area contributed by atoms with Gasteiger partial charge in [0, 0.05) is 24.0 Å². The number of aryl methyl sites for hydroxylation is 1. The van der Waals surface area contributed by atoms with Crippen molar-refractivity contribution in [2.24, 2.45) is 0 Å². The molecule has 0 spiro atoms. The Morgan fingerprint density at radius 1 is 1.52 bits per heavy atom. The van der Waals surface area contributed by atoms with Gasteiger partial charge in [-0.1, -0.05) is 0 Å². The lowest BCUT2D eigenvalue weighted by atomic mass is 10.1. The molecule has 2 aromatic rings. The molecule has 0 saturated heterocycles. The molecule has 1 unspecified atom stereocenters. The van der Waals surface area contributed by atoms with Gasteiger partial charge in [0.1, 0.15) is 6.04 Å². The second-order valence-corrected chi connectivity index (χ2v) is 5.48. The molecule has 1 amide bonds. The fourth-order valence-electron chi connectivity index (χ4n) is 1.79. The van der Waals surface area contributed by atoms with Crippen molar-refractivity contribution < 1.29 is 9.72 Å². The molecule has 0 fully saturated rings. The normalized spacial score (nSPS) is 12.0.